The summed E-state index contributed by atoms with van der Waals surface area (Å²) in [6.07, 6.45) is 56.8. The van der Waals surface area contributed by atoms with Crippen molar-refractivity contribution in [3.05, 3.63) is 60.8 Å². The van der Waals surface area contributed by atoms with Crippen molar-refractivity contribution in [2.75, 3.05) is 13.2 Å². The summed E-state index contributed by atoms with van der Waals surface area (Å²) >= 11 is 0. The first-order chi connectivity index (χ1) is 29.8. The maximum atomic E-state index is 12.9. The Labute approximate surface area is 372 Å². The van der Waals surface area contributed by atoms with Crippen LogP contribution in [0.4, 0.5) is 0 Å². The molecule has 0 aliphatic rings. The molecule has 0 heterocycles. The molecule has 9 nitrogen and oxygen atoms in total. The number of hydrogen-bond acceptors (Lipinski definition) is 6. The Balaban J connectivity index is 4.31. The molecule has 2 amide bonds. The Bertz CT molecular complexity index is 1210. The van der Waals surface area contributed by atoms with Crippen molar-refractivity contribution in [2.24, 2.45) is 0 Å². The Hall–Kier alpha value is -3.46. The van der Waals surface area contributed by atoms with Gasteiger partial charge in [-0.1, -0.05) is 184 Å². The van der Waals surface area contributed by atoms with E-state index in [0.29, 0.717) is 19.3 Å². The minimum Gasteiger partial charge on any atom is -0.480 e. The summed E-state index contributed by atoms with van der Waals surface area (Å²) in [6.45, 7) is 3.38. The van der Waals surface area contributed by atoms with E-state index in [1.807, 2.05) is 0 Å². The number of allylic oxidation sites excluding steroid dienone is 10. The number of unbranched alkanes of at least 4 members (excludes halogenated alkanes) is 20. The van der Waals surface area contributed by atoms with Gasteiger partial charge in [-0.05, 0) is 83.5 Å². The molecular formula is C52H90N2O7. The molecule has 61 heavy (non-hydrogen) atoms. The fourth-order valence-corrected chi connectivity index (χ4v) is 7.04. The van der Waals surface area contributed by atoms with E-state index >= 15 is 0 Å². The molecule has 0 aromatic carbocycles. The van der Waals surface area contributed by atoms with Crippen molar-refractivity contribution in [1.82, 2.24) is 10.6 Å². The van der Waals surface area contributed by atoms with Crippen LogP contribution in [0.5, 0.6) is 0 Å². The summed E-state index contributed by atoms with van der Waals surface area (Å²) in [5.74, 6) is -2.31. The number of esters is 1. The van der Waals surface area contributed by atoms with Crippen LogP contribution in [0.2, 0.25) is 0 Å². The molecule has 0 rings (SSSR count). The number of aliphatic hydroxyl groups excluding tert-OH is 1. The number of carbonyl (C=O) groups is 4. The van der Waals surface area contributed by atoms with Crippen LogP contribution in [0.1, 0.15) is 219 Å². The normalized spacial score (nSPS) is 13.0. The van der Waals surface area contributed by atoms with Crippen LogP contribution in [0, 0.1) is 0 Å². The third-order valence-electron chi connectivity index (χ3n) is 10.8. The van der Waals surface area contributed by atoms with E-state index in [2.05, 4.69) is 85.2 Å². The zero-order chi connectivity index (χ0) is 44.7. The molecule has 0 saturated carbocycles. The van der Waals surface area contributed by atoms with Crippen LogP contribution in [0.3, 0.4) is 0 Å². The minimum absolute atomic E-state index is 0.0254. The zero-order valence-corrected chi connectivity index (χ0v) is 38.9. The van der Waals surface area contributed by atoms with E-state index in [9.17, 15) is 19.2 Å². The third-order valence-corrected chi connectivity index (χ3v) is 10.8. The first kappa shape index (κ1) is 57.5. The van der Waals surface area contributed by atoms with Gasteiger partial charge in [0.15, 0.2) is 0 Å². The molecule has 0 fully saturated rings. The zero-order valence-electron chi connectivity index (χ0n) is 38.9. The maximum Gasteiger partial charge on any atom is 0.328 e. The van der Waals surface area contributed by atoms with Gasteiger partial charge in [0.1, 0.15) is 12.1 Å². The Morgan fingerprint density at radius 1 is 0.508 bits per heavy atom. The summed E-state index contributed by atoms with van der Waals surface area (Å²) in [4.78, 5) is 47.7. The van der Waals surface area contributed by atoms with Crippen LogP contribution in [-0.4, -0.2) is 59.3 Å². The number of ether oxygens (including phenoxy) is 1. The fourth-order valence-electron chi connectivity index (χ4n) is 7.04. The van der Waals surface area contributed by atoms with Gasteiger partial charge >= 0.3 is 11.9 Å². The number of carboxylic acids is 1. The van der Waals surface area contributed by atoms with E-state index in [-0.39, 0.29) is 24.5 Å². The lowest BCUT2D eigenvalue weighted by molar-refractivity contribution is -0.150. The maximum absolute atomic E-state index is 12.9. The smallest absolute Gasteiger partial charge is 0.328 e. The van der Waals surface area contributed by atoms with Gasteiger partial charge in [0.05, 0.1) is 13.2 Å². The molecule has 0 spiro atoms. The van der Waals surface area contributed by atoms with Gasteiger partial charge in [0.25, 0.3) is 0 Å². The Morgan fingerprint density at radius 3 is 1.41 bits per heavy atom. The molecule has 2 unspecified atom stereocenters. The van der Waals surface area contributed by atoms with Crippen molar-refractivity contribution in [1.29, 1.82) is 0 Å². The number of nitrogens with one attached hydrogen (secondary N) is 2. The van der Waals surface area contributed by atoms with Gasteiger partial charge in [0, 0.05) is 12.8 Å². The van der Waals surface area contributed by atoms with Crippen LogP contribution >= 0.6 is 0 Å². The molecule has 0 bridgehead atoms. The van der Waals surface area contributed by atoms with Gasteiger partial charge in [0.2, 0.25) is 11.8 Å². The number of hydrogen-bond donors (Lipinski definition) is 4. The lowest BCUT2D eigenvalue weighted by Crippen LogP contribution is -2.47. The van der Waals surface area contributed by atoms with Crippen molar-refractivity contribution < 1.29 is 34.1 Å². The molecule has 0 aliphatic heterocycles. The standard InChI is InChI=1S/C52H90N2O7/c1-3-5-7-9-11-13-15-17-18-19-20-21-22-23-24-25-27-29-31-36-40-44-51(58)61-47(41-37-33-30-28-26-16-14-12-10-8-6-4-2)42-38-34-32-35-39-43-49(56)53-45-50(57)54-48(46-55)52(59)60/h5,7,11,13,17-18,20-21,23-24,47-48,55H,3-4,6,8-10,12,14-16,19,22,25-46H2,1-2H3,(H,53,56)(H,54,57)(H,59,60)/b7-5-,13-11-,18-17-,21-20-,24-23-. The van der Waals surface area contributed by atoms with Crippen molar-refractivity contribution in [3.63, 3.8) is 0 Å². The lowest BCUT2D eigenvalue weighted by atomic mass is 10.0. The second-order valence-corrected chi connectivity index (χ2v) is 16.5. The summed E-state index contributed by atoms with van der Waals surface area (Å²) in [5, 5.41) is 22.6. The number of carbonyl (C=O) groups excluding carboxylic acids is 3. The topological polar surface area (TPSA) is 142 Å². The van der Waals surface area contributed by atoms with E-state index in [1.54, 1.807) is 0 Å². The summed E-state index contributed by atoms with van der Waals surface area (Å²) in [5.41, 5.74) is 0. The quantitative estimate of drug-likeness (QED) is 0.0271. The van der Waals surface area contributed by atoms with Gasteiger partial charge in [-0.2, -0.15) is 0 Å². The van der Waals surface area contributed by atoms with Gasteiger partial charge in [-0.3, -0.25) is 14.4 Å². The number of rotatable bonds is 44. The van der Waals surface area contributed by atoms with E-state index in [1.165, 1.54) is 83.5 Å². The highest BCUT2D eigenvalue weighted by Crippen LogP contribution is 2.19. The summed E-state index contributed by atoms with van der Waals surface area (Å²) in [7, 11) is 0. The molecular weight excluding hydrogens is 765 g/mol. The number of carboxylic acid groups (broad SMARTS) is 1. The van der Waals surface area contributed by atoms with Crippen LogP contribution in [0.15, 0.2) is 60.8 Å². The van der Waals surface area contributed by atoms with E-state index in [0.717, 1.165) is 103 Å². The summed E-state index contributed by atoms with van der Waals surface area (Å²) < 4.78 is 6.05. The number of aliphatic carboxylic acids is 1. The highest BCUT2D eigenvalue weighted by Gasteiger charge is 2.19. The lowest BCUT2D eigenvalue weighted by Gasteiger charge is -2.18. The van der Waals surface area contributed by atoms with Crippen molar-refractivity contribution >= 4 is 23.8 Å². The fraction of sp³-hybridized carbons (Fsp3) is 0.731. The predicted molar refractivity (Wildman–Crippen MR) is 254 cm³/mol. The molecule has 9 heteroatoms. The molecule has 0 aliphatic carbocycles. The van der Waals surface area contributed by atoms with E-state index < -0.39 is 24.5 Å². The third kappa shape index (κ3) is 43.0. The first-order valence-corrected chi connectivity index (χ1v) is 24.7. The minimum atomic E-state index is -1.39. The van der Waals surface area contributed by atoms with E-state index in [4.69, 9.17) is 14.9 Å². The SMILES string of the molecule is CC/C=C\C/C=C\C/C=C\C/C=C\C/C=C\CCCCCCCC(=O)OC(CCCCCCCCCCCCCC)CCCCCCCC(=O)NCC(=O)NC(CO)C(=O)O. The van der Waals surface area contributed by atoms with Crippen molar-refractivity contribution in [3.8, 4) is 0 Å². The van der Waals surface area contributed by atoms with Gasteiger partial charge < -0.3 is 25.6 Å². The van der Waals surface area contributed by atoms with Gasteiger partial charge in [-0.15, -0.1) is 0 Å². The van der Waals surface area contributed by atoms with Crippen LogP contribution in [-0.2, 0) is 23.9 Å². The van der Waals surface area contributed by atoms with Crippen molar-refractivity contribution in [2.45, 2.75) is 231 Å². The average molecular weight is 855 g/mol. The largest absolute Gasteiger partial charge is 0.480 e. The summed E-state index contributed by atoms with van der Waals surface area (Å²) in [6, 6.07) is -1.39. The Kier molecular flexibility index (Phi) is 43.4. The second kappa shape index (κ2) is 46.1. The Morgan fingerprint density at radius 2 is 0.934 bits per heavy atom. The number of amides is 2. The molecule has 2 atom stereocenters. The highest BCUT2D eigenvalue weighted by molar-refractivity contribution is 5.87. The average Bonchev–Trinajstić information content (AvgIpc) is 3.25. The molecule has 0 saturated heterocycles. The molecule has 350 valence electrons. The van der Waals surface area contributed by atoms with Crippen LogP contribution in [0.25, 0.3) is 0 Å². The van der Waals surface area contributed by atoms with Crippen LogP contribution < -0.4 is 10.6 Å². The molecule has 0 aromatic rings. The van der Waals surface area contributed by atoms with Gasteiger partial charge in [-0.25, -0.2) is 4.79 Å². The highest BCUT2D eigenvalue weighted by atomic mass is 16.5. The number of aliphatic hydroxyl groups is 1. The first-order valence-electron chi connectivity index (χ1n) is 24.7. The monoisotopic (exact) mass is 855 g/mol. The second-order valence-electron chi connectivity index (χ2n) is 16.5. The predicted octanol–water partition coefficient (Wildman–Crippen LogP) is 12.9. The molecule has 0 radical (unpaired) electrons. The molecule has 4 N–H and O–H groups in total. The molecule has 0 aromatic heterocycles.